The molecule has 1 fully saturated rings. The first-order valence-corrected chi connectivity index (χ1v) is 6.98. The van der Waals surface area contributed by atoms with Crippen LogP contribution in [0, 0.1) is 0 Å². The van der Waals surface area contributed by atoms with Gasteiger partial charge in [-0.05, 0) is 25.0 Å². The van der Waals surface area contributed by atoms with Gasteiger partial charge in [0.15, 0.2) is 17.8 Å². The molecular weight excluding hydrogens is 244 g/mol. The predicted octanol–water partition coefficient (Wildman–Crippen LogP) is 3.31. The monoisotopic (exact) mass is 266 g/mol. The highest BCUT2D eigenvalue weighted by Gasteiger charge is 2.20. The largest absolute Gasteiger partial charge is 0.490 e. The number of hydrogen-bond donors (Lipinski definition) is 0. The van der Waals surface area contributed by atoms with Crippen molar-refractivity contribution in [2.75, 3.05) is 26.4 Å². The predicted molar refractivity (Wildman–Crippen MR) is 72.7 cm³/mol. The summed E-state index contributed by atoms with van der Waals surface area (Å²) in [7, 11) is 0. The molecule has 1 aromatic carbocycles. The van der Waals surface area contributed by atoms with Crippen LogP contribution >= 0.6 is 0 Å². The quantitative estimate of drug-likeness (QED) is 0.758. The van der Waals surface area contributed by atoms with Gasteiger partial charge in [-0.2, -0.15) is 0 Å². The summed E-state index contributed by atoms with van der Waals surface area (Å²) in [5.74, 6) is 1.56. The molecule has 0 spiro atoms. The normalized spacial score (nSPS) is 15.7. The molecule has 0 radical (unpaired) electrons. The lowest BCUT2D eigenvalue weighted by molar-refractivity contribution is -0.0442. The smallest absolute Gasteiger partial charge is 0.184 e. The molecule has 19 heavy (non-hydrogen) atoms. The zero-order valence-corrected chi connectivity index (χ0v) is 11.7. The van der Waals surface area contributed by atoms with Gasteiger partial charge >= 0.3 is 0 Å². The second-order valence-electron chi connectivity index (χ2n) is 4.48. The molecule has 1 heterocycles. The van der Waals surface area contributed by atoms with Crippen LogP contribution in [0.15, 0.2) is 18.2 Å². The SMILES string of the molecule is CCCOc1ccc(C2OCCO2)cc1OCCC. The maximum Gasteiger partial charge on any atom is 0.184 e. The van der Waals surface area contributed by atoms with Crippen LogP contribution in [0.25, 0.3) is 0 Å². The van der Waals surface area contributed by atoms with Crippen LogP contribution < -0.4 is 9.47 Å². The Labute approximate surface area is 114 Å². The average Bonchev–Trinajstić information content (AvgIpc) is 2.97. The van der Waals surface area contributed by atoms with Gasteiger partial charge in [0.2, 0.25) is 0 Å². The summed E-state index contributed by atoms with van der Waals surface area (Å²) in [5.41, 5.74) is 0.979. The topological polar surface area (TPSA) is 36.9 Å². The van der Waals surface area contributed by atoms with Crippen molar-refractivity contribution in [3.63, 3.8) is 0 Å². The van der Waals surface area contributed by atoms with E-state index in [2.05, 4.69) is 13.8 Å². The third kappa shape index (κ3) is 3.85. The molecule has 1 aliphatic heterocycles. The minimum atomic E-state index is -0.274. The minimum absolute atomic E-state index is 0.274. The lowest BCUT2D eigenvalue weighted by Gasteiger charge is -2.15. The standard InChI is InChI=1S/C15H22O4/c1-3-7-16-13-6-5-12(15-18-9-10-19-15)11-14(13)17-8-4-2/h5-6,11,15H,3-4,7-10H2,1-2H3. The molecule has 0 bridgehead atoms. The van der Waals surface area contributed by atoms with Crippen molar-refractivity contribution in [3.05, 3.63) is 23.8 Å². The Hall–Kier alpha value is -1.26. The van der Waals surface area contributed by atoms with Crippen molar-refractivity contribution >= 4 is 0 Å². The second-order valence-corrected chi connectivity index (χ2v) is 4.48. The van der Waals surface area contributed by atoms with Crippen molar-refractivity contribution in [2.24, 2.45) is 0 Å². The summed E-state index contributed by atoms with van der Waals surface area (Å²) in [6, 6.07) is 5.86. The maximum atomic E-state index is 5.75. The van der Waals surface area contributed by atoms with E-state index in [0.717, 1.165) is 29.9 Å². The van der Waals surface area contributed by atoms with E-state index in [1.807, 2.05) is 18.2 Å². The summed E-state index contributed by atoms with van der Waals surface area (Å²) < 4.78 is 22.4. The van der Waals surface area contributed by atoms with E-state index >= 15 is 0 Å². The fourth-order valence-corrected chi connectivity index (χ4v) is 1.88. The number of ether oxygens (including phenoxy) is 4. The molecule has 0 unspecified atom stereocenters. The number of benzene rings is 1. The second kappa shape index (κ2) is 7.36. The van der Waals surface area contributed by atoms with Crippen molar-refractivity contribution < 1.29 is 18.9 Å². The summed E-state index contributed by atoms with van der Waals surface area (Å²) in [6.45, 7) is 6.82. The Morgan fingerprint density at radius 3 is 2.26 bits per heavy atom. The highest BCUT2D eigenvalue weighted by atomic mass is 16.7. The third-order valence-electron chi connectivity index (χ3n) is 2.79. The molecule has 0 saturated carbocycles. The van der Waals surface area contributed by atoms with Crippen molar-refractivity contribution in [2.45, 2.75) is 33.0 Å². The van der Waals surface area contributed by atoms with Gasteiger partial charge < -0.3 is 18.9 Å². The van der Waals surface area contributed by atoms with Gasteiger partial charge in [-0.1, -0.05) is 19.9 Å². The highest BCUT2D eigenvalue weighted by Crippen LogP contribution is 2.33. The molecule has 1 aromatic rings. The number of hydrogen-bond acceptors (Lipinski definition) is 4. The van der Waals surface area contributed by atoms with Crippen molar-refractivity contribution in [3.8, 4) is 11.5 Å². The lowest BCUT2D eigenvalue weighted by atomic mass is 10.2. The van der Waals surface area contributed by atoms with Gasteiger partial charge in [-0.3, -0.25) is 0 Å². The van der Waals surface area contributed by atoms with Crippen LogP contribution in [-0.2, 0) is 9.47 Å². The molecule has 4 nitrogen and oxygen atoms in total. The fraction of sp³-hybridized carbons (Fsp3) is 0.600. The van der Waals surface area contributed by atoms with E-state index in [9.17, 15) is 0 Å². The van der Waals surface area contributed by atoms with Crippen LogP contribution in [0.5, 0.6) is 11.5 Å². The van der Waals surface area contributed by atoms with E-state index in [0.29, 0.717) is 26.4 Å². The third-order valence-corrected chi connectivity index (χ3v) is 2.79. The Bertz CT molecular complexity index is 386. The zero-order chi connectivity index (χ0) is 13.5. The molecule has 0 amide bonds. The van der Waals surface area contributed by atoms with Gasteiger partial charge in [0.1, 0.15) is 0 Å². The molecule has 2 rings (SSSR count). The summed E-state index contributed by atoms with van der Waals surface area (Å²) >= 11 is 0. The van der Waals surface area contributed by atoms with Gasteiger partial charge in [-0.15, -0.1) is 0 Å². The first kappa shape index (κ1) is 14.2. The summed E-state index contributed by atoms with van der Waals surface area (Å²) in [6.07, 6.45) is 1.67. The summed E-state index contributed by atoms with van der Waals surface area (Å²) in [4.78, 5) is 0. The Balaban J connectivity index is 2.13. The van der Waals surface area contributed by atoms with E-state index in [4.69, 9.17) is 18.9 Å². The van der Waals surface area contributed by atoms with Crippen molar-refractivity contribution in [1.82, 2.24) is 0 Å². The van der Waals surface area contributed by atoms with Gasteiger partial charge in [0, 0.05) is 5.56 Å². The molecule has 106 valence electrons. The van der Waals surface area contributed by atoms with Gasteiger partial charge in [-0.25, -0.2) is 0 Å². The first-order chi connectivity index (χ1) is 9.35. The molecule has 4 heteroatoms. The van der Waals surface area contributed by atoms with Crippen molar-refractivity contribution in [1.29, 1.82) is 0 Å². The van der Waals surface area contributed by atoms with E-state index in [1.165, 1.54) is 0 Å². The van der Waals surface area contributed by atoms with Crippen LogP contribution in [-0.4, -0.2) is 26.4 Å². The molecule has 0 atom stereocenters. The fourth-order valence-electron chi connectivity index (χ4n) is 1.88. The Morgan fingerprint density at radius 1 is 1.00 bits per heavy atom. The Kier molecular flexibility index (Phi) is 5.48. The molecular formula is C15H22O4. The highest BCUT2D eigenvalue weighted by molar-refractivity contribution is 5.43. The summed E-state index contributed by atoms with van der Waals surface area (Å²) in [5, 5.41) is 0. The molecule has 0 aliphatic carbocycles. The van der Waals surface area contributed by atoms with E-state index < -0.39 is 0 Å². The average molecular weight is 266 g/mol. The molecule has 0 aromatic heterocycles. The van der Waals surface area contributed by atoms with Gasteiger partial charge in [0.25, 0.3) is 0 Å². The number of rotatable bonds is 7. The minimum Gasteiger partial charge on any atom is -0.490 e. The van der Waals surface area contributed by atoms with Crippen LogP contribution in [0.3, 0.4) is 0 Å². The van der Waals surface area contributed by atoms with Crippen LogP contribution in [0.4, 0.5) is 0 Å². The zero-order valence-electron chi connectivity index (χ0n) is 11.7. The molecule has 0 N–H and O–H groups in total. The van der Waals surface area contributed by atoms with Crippen LogP contribution in [0.1, 0.15) is 38.5 Å². The van der Waals surface area contributed by atoms with Crippen LogP contribution in [0.2, 0.25) is 0 Å². The van der Waals surface area contributed by atoms with E-state index in [1.54, 1.807) is 0 Å². The molecule has 1 saturated heterocycles. The lowest BCUT2D eigenvalue weighted by Crippen LogP contribution is -2.04. The van der Waals surface area contributed by atoms with Gasteiger partial charge in [0.05, 0.1) is 26.4 Å². The maximum absolute atomic E-state index is 5.75. The molecule has 1 aliphatic rings. The first-order valence-electron chi connectivity index (χ1n) is 6.98. The van der Waals surface area contributed by atoms with E-state index in [-0.39, 0.29) is 6.29 Å². The Morgan fingerprint density at radius 2 is 1.63 bits per heavy atom.